The molecular formula is C11H19N3O2S. The van der Waals surface area contributed by atoms with Crippen molar-refractivity contribution < 1.29 is 9.59 Å². The van der Waals surface area contributed by atoms with Gasteiger partial charge in [-0.15, -0.1) is 0 Å². The Bertz CT molecular complexity index is 303. The molecule has 2 rings (SSSR count). The van der Waals surface area contributed by atoms with Crippen molar-refractivity contribution in [2.24, 2.45) is 0 Å². The lowest BCUT2D eigenvalue weighted by Gasteiger charge is -2.29. The molecule has 5 nitrogen and oxygen atoms in total. The van der Waals surface area contributed by atoms with Crippen molar-refractivity contribution in [2.75, 3.05) is 12.8 Å². The molecule has 1 unspecified atom stereocenters. The van der Waals surface area contributed by atoms with Gasteiger partial charge < -0.3 is 16.0 Å². The van der Waals surface area contributed by atoms with E-state index in [-0.39, 0.29) is 23.2 Å². The van der Waals surface area contributed by atoms with Crippen molar-refractivity contribution >= 4 is 22.9 Å². The Balaban J connectivity index is 1.74. The number of hydrogen-bond donors (Lipinski definition) is 3. The van der Waals surface area contributed by atoms with E-state index in [0.29, 0.717) is 11.8 Å². The molecular weight excluding hydrogens is 238 g/mol. The molecule has 1 heterocycles. The number of amides is 2. The molecule has 0 aromatic heterocycles. The molecule has 0 aromatic rings. The van der Waals surface area contributed by atoms with E-state index >= 15 is 0 Å². The maximum atomic E-state index is 11.9. The van der Waals surface area contributed by atoms with Gasteiger partial charge in [-0.2, -0.15) is 0 Å². The van der Waals surface area contributed by atoms with Gasteiger partial charge in [-0.05, 0) is 32.7 Å². The molecule has 2 fully saturated rings. The number of thioether (sulfide) groups is 1. The first-order chi connectivity index (χ1) is 8.19. The lowest BCUT2D eigenvalue weighted by molar-refractivity contribution is -0.123. The largest absolute Gasteiger partial charge is 0.352 e. The van der Waals surface area contributed by atoms with Crippen LogP contribution in [-0.2, 0) is 4.79 Å². The van der Waals surface area contributed by atoms with Crippen LogP contribution in [0.3, 0.4) is 0 Å². The number of rotatable bonds is 3. The minimum atomic E-state index is -0.338. The Labute approximate surface area is 105 Å². The summed E-state index contributed by atoms with van der Waals surface area (Å²) in [7, 11) is 1.98. The Morgan fingerprint density at radius 3 is 2.47 bits per heavy atom. The van der Waals surface area contributed by atoms with Gasteiger partial charge in [-0.3, -0.25) is 9.59 Å². The van der Waals surface area contributed by atoms with Gasteiger partial charge in [0.05, 0.1) is 0 Å². The second kappa shape index (κ2) is 5.73. The zero-order valence-electron chi connectivity index (χ0n) is 9.99. The maximum Gasteiger partial charge on any atom is 0.279 e. The fourth-order valence-electron chi connectivity index (χ4n) is 2.35. The van der Waals surface area contributed by atoms with E-state index in [1.807, 2.05) is 7.05 Å². The first-order valence-corrected chi connectivity index (χ1v) is 7.08. The standard InChI is InChI=1S/C11H19N3O2S/c1-12-7-2-4-8(5-3-7)13-10(15)9-6-17-11(16)14-9/h7-9,12H,2-6H2,1H3,(H,13,15)(H,14,16). The number of hydrogen-bond acceptors (Lipinski definition) is 4. The quantitative estimate of drug-likeness (QED) is 0.687. The molecule has 1 aliphatic heterocycles. The fourth-order valence-corrected chi connectivity index (χ4v) is 3.13. The van der Waals surface area contributed by atoms with Crippen molar-refractivity contribution in [1.29, 1.82) is 0 Å². The molecule has 1 atom stereocenters. The van der Waals surface area contributed by atoms with Crippen LogP contribution in [-0.4, -0.2) is 42.1 Å². The van der Waals surface area contributed by atoms with Gasteiger partial charge in [-0.1, -0.05) is 11.8 Å². The molecule has 1 aliphatic carbocycles. The van der Waals surface area contributed by atoms with E-state index in [1.54, 1.807) is 0 Å². The Morgan fingerprint density at radius 1 is 1.29 bits per heavy atom. The van der Waals surface area contributed by atoms with Gasteiger partial charge in [0.1, 0.15) is 6.04 Å². The molecule has 0 aromatic carbocycles. The summed E-state index contributed by atoms with van der Waals surface area (Å²) < 4.78 is 0. The summed E-state index contributed by atoms with van der Waals surface area (Å²) in [4.78, 5) is 22.9. The highest BCUT2D eigenvalue weighted by Gasteiger charge is 2.30. The van der Waals surface area contributed by atoms with Crippen LogP contribution >= 0.6 is 11.8 Å². The second-order valence-electron chi connectivity index (χ2n) is 4.64. The lowest BCUT2D eigenvalue weighted by Crippen LogP contribution is -2.48. The molecule has 2 aliphatic rings. The number of carbonyl (C=O) groups excluding carboxylic acids is 2. The zero-order valence-corrected chi connectivity index (χ0v) is 10.8. The molecule has 1 saturated carbocycles. The van der Waals surface area contributed by atoms with Crippen molar-refractivity contribution in [3.8, 4) is 0 Å². The molecule has 96 valence electrons. The third kappa shape index (κ3) is 3.35. The molecule has 0 spiro atoms. The maximum absolute atomic E-state index is 11.9. The van der Waals surface area contributed by atoms with Crippen molar-refractivity contribution in [2.45, 2.75) is 43.8 Å². The van der Waals surface area contributed by atoms with Crippen LogP contribution in [0.1, 0.15) is 25.7 Å². The van der Waals surface area contributed by atoms with Crippen molar-refractivity contribution in [3.05, 3.63) is 0 Å². The van der Waals surface area contributed by atoms with Crippen molar-refractivity contribution in [3.63, 3.8) is 0 Å². The zero-order chi connectivity index (χ0) is 12.3. The van der Waals surface area contributed by atoms with Crippen LogP contribution in [0, 0.1) is 0 Å². The third-order valence-electron chi connectivity index (χ3n) is 3.47. The minimum Gasteiger partial charge on any atom is -0.352 e. The van der Waals surface area contributed by atoms with Gasteiger partial charge in [0, 0.05) is 17.8 Å². The highest BCUT2D eigenvalue weighted by atomic mass is 32.2. The molecule has 1 saturated heterocycles. The average Bonchev–Trinajstić information content (AvgIpc) is 2.77. The first kappa shape index (κ1) is 12.7. The monoisotopic (exact) mass is 257 g/mol. The Hall–Kier alpha value is -0.750. The van der Waals surface area contributed by atoms with Crippen LogP contribution < -0.4 is 16.0 Å². The highest BCUT2D eigenvalue weighted by molar-refractivity contribution is 8.14. The summed E-state index contributed by atoms with van der Waals surface area (Å²) >= 11 is 1.18. The number of nitrogens with one attached hydrogen (secondary N) is 3. The summed E-state index contributed by atoms with van der Waals surface area (Å²) in [6.45, 7) is 0. The second-order valence-corrected chi connectivity index (χ2v) is 5.63. The SMILES string of the molecule is CNC1CCC(NC(=O)C2CSC(=O)N2)CC1. The van der Waals surface area contributed by atoms with Crippen LogP contribution in [0.4, 0.5) is 4.79 Å². The predicted octanol–water partition coefficient (Wildman–Crippen LogP) is 0.458. The summed E-state index contributed by atoms with van der Waals surface area (Å²) in [5.41, 5.74) is 0. The van der Waals surface area contributed by atoms with E-state index in [2.05, 4.69) is 16.0 Å². The summed E-state index contributed by atoms with van der Waals surface area (Å²) in [6, 6.07) is 0.522. The van der Waals surface area contributed by atoms with Crippen LogP contribution in [0.2, 0.25) is 0 Å². The van der Waals surface area contributed by atoms with E-state index in [0.717, 1.165) is 25.7 Å². The average molecular weight is 257 g/mol. The predicted molar refractivity (Wildman–Crippen MR) is 68.0 cm³/mol. The smallest absolute Gasteiger partial charge is 0.279 e. The first-order valence-electron chi connectivity index (χ1n) is 6.10. The van der Waals surface area contributed by atoms with Gasteiger partial charge in [0.25, 0.3) is 5.24 Å². The Kier molecular flexibility index (Phi) is 4.28. The lowest BCUT2D eigenvalue weighted by atomic mass is 9.91. The minimum absolute atomic E-state index is 0.0312. The molecule has 6 heteroatoms. The van der Waals surface area contributed by atoms with E-state index in [1.165, 1.54) is 11.8 Å². The van der Waals surface area contributed by atoms with E-state index in [4.69, 9.17) is 0 Å². The van der Waals surface area contributed by atoms with E-state index < -0.39 is 0 Å². The normalized spacial score (nSPS) is 33.2. The Morgan fingerprint density at radius 2 is 1.94 bits per heavy atom. The third-order valence-corrected chi connectivity index (χ3v) is 4.35. The summed E-state index contributed by atoms with van der Waals surface area (Å²) in [5, 5.41) is 8.87. The molecule has 0 bridgehead atoms. The van der Waals surface area contributed by atoms with Crippen LogP contribution in [0.15, 0.2) is 0 Å². The fraction of sp³-hybridized carbons (Fsp3) is 0.818. The molecule has 17 heavy (non-hydrogen) atoms. The topological polar surface area (TPSA) is 70.2 Å². The molecule has 0 radical (unpaired) electrons. The van der Waals surface area contributed by atoms with Gasteiger partial charge in [0.2, 0.25) is 5.91 Å². The molecule has 3 N–H and O–H groups in total. The number of carbonyl (C=O) groups is 2. The van der Waals surface area contributed by atoms with E-state index in [9.17, 15) is 9.59 Å². The van der Waals surface area contributed by atoms with Crippen LogP contribution in [0.5, 0.6) is 0 Å². The summed E-state index contributed by atoms with van der Waals surface area (Å²) in [5.74, 6) is 0.521. The van der Waals surface area contributed by atoms with Crippen LogP contribution in [0.25, 0.3) is 0 Å². The summed E-state index contributed by atoms with van der Waals surface area (Å²) in [6.07, 6.45) is 4.25. The molecule has 2 amide bonds. The van der Waals surface area contributed by atoms with Gasteiger partial charge >= 0.3 is 0 Å². The highest BCUT2D eigenvalue weighted by Crippen LogP contribution is 2.19. The van der Waals surface area contributed by atoms with Gasteiger partial charge in [-0.25, -0.2) is 0 Å². The van der Waals surface area contributed by atoms with Gasteiger partial charge in [0.15, 0.2) is 0 Å². The van der Waals surface area contributed by atoms with Crippen molar-refractivity contribution in [1.82, 2.24) is 16.0 Å².